The number of hydrogen-bond acceptors (Lipinski definition) is 4. The Hall–Kier alpha value is -1.12. The largest absolute Gasteiger partial charge is 0.380 e. The van der Waals surface area contributed by atoms with E-state index in [2.05, 4.69) is 26.0 Å². The zero-order chi connectivity index (χ0) is 14.8. The maximum absolute atomic E-state index is 13.5. The van der Waals surface area contributed by atoms with Gasteiger partial charge in [-0.2, -0.15) is 0 Å². The van der Waals surface area contributed by atoms with Crippen molar-refractivity contribution in [3.8, 4) is 0 Å². The minimum Gasteiger partial charge on any atom is -0.380 e. The van der Waals surface area contributed by atoms with Crippen molar-refractivity contribution in [1.29, 1.82) is 0 Å². The molecule has 0 aliphatic carbocycles. The molecule has 20 heavy (non-hydrogen) atoms. The summed E-state index contributed by atoms with van der Waals surface area (Å²) in [4.78, 5) is 1.11. The molecule has 0 aliphatic rings. The van der Waals surface area contributed by atoms with E-state index >= 15 is 0 Å². The van der Waals surface area contributed by atoms with Crippen molar-refractivity contribution in [3.63, 3.8) is 0 Å². The summed E-state index contributed by atoms with van der Waals surface area (Å²) in [6.45, 7) is 0.584. The van der Waals surface area contributed by atoms with E-state index in [1.54, 1.807) is 17.4 Å². The lowest BCUT2D eigenvalue weighted by Gasteiger charge is -2.09. The lowest BCUT2D eigenvalue weighted by molar-refractivity contribution is 0.604. The maximum Gasteiger partial charge on any atom is 0.229 e. The zero-order valence-electron chi connectivity index (χ0n) is 10.5. The number of nitrogens with one attached hydrogen (secondary N) is 2. The molecule has 4 nitrogen and oxygen atoms in total. The van der Waals surface area contributed by atoms with Gasteiger partial charge in [-0.05, 0) is 46.3 Å². The summed E-state index contributed by atoms with van der Waals surface area (Å²) in [5.74, 6) is -0.611. The Morgan fingerprint density at radius 3 is 2.65 bits per heavy atom. The smallest absolute Gasteiger partial charge is 0.229 e. The average Bonchev–Trinajstić information content (AvgIpc) is 2.74. The summed E-state index contributed by atoms with van der Waals surface area (Å²) in [7, 11) is -3.50. The third kappa shape index (κ3) is 4.46. The first kappa shape index (κ1) is 15.3. The van der Waals surface area contributed by atoms with Gasteiger partial charge in [0.15, 0.2) is 0 Å². The summed E-state index contributed by atoms with van der Waals surface area (Å²) < 4.78 is 39.0. The highest BCUT2D eigenvalue weighted by Crippen LogP contribution is 2.24. The molecule has 1 aromatic heterocycles. The lowest BCUT2D eigenvalue weighted by Crippen LogP contribution is -2.11. The third-order valence-corrected chi connectivity index (χ3v) is 4.57. The van der Waals surface area contributed by atoms with E-state index in [-0.39, 0.29) is 5.69 Å². The van der Waals surface area contributed by atoms with Crippen molar-refractivity contribution in [2.75, 3.05) is 16.3 Å². The van der Waals surface area contributed by atoms with Crippen LogP contribution < -0.4 is 10.0 Å². The fraction of sp³-hybridized carbons (Fsp3) is 0.167. The van der Waals surface area contributed by atoms with Crippen LogP contribution in [0.4, 0.5) is 15.8 Å². The highest BCUT2D eigenvalue weighted by Gasteiger charge is 2.08. The molecule has 1 heterocycles. The summed E-state index contributed by atoms with van der Waals surface area (Å²) in [6, 6.07) is 8.13. The normalized spacial score (nSPS) is 11.3. The van der Waals surface area contributed by atoms with E-state index in [1.165, 1.54) is 12.1 Å². The van der Waals surface area contributed by atoms with Gasteiger partial charge in [-0.1, -0.05) is 0 Å². The van der Waals surface area contributed by atoms with Gasteiger partial charge in [0.2, 0.25) is 10.0 Å². The fourth-order valence-electron chi connectivity index (χ4n) is 1.55. The number of hydrogen-bond donors (Lipinski definition) is 2. The first-order valence-corrected chi connectivity index (χ1v) is 9.09. The molecule has 0 spiro atoms. The van der Waals surface area contributed by atoms with Gasteiger partial charge in [-0.3, -0.25) is 4.72 Å². The van der Waals surface area contributed by atoms with Crippen LogP contribution >= 0.6 is 27.3 Å². The Morgan fingerprint density at radius 2 is 2.05 bits per heavy atom. The van der Waals surface area contributed by atoms with Gasteiger partial charge in [-0.25, -0.2) is 12.8 Å². The van der Waals surface area contributed by atoms with Crippen molar-refractivity contribution in [3.05, 3.63) is 44.8 Å². The SMILES string of the molecule is CS(=O)(=O)Nc1cc(NCc2ccc(Br)s2)ccc1F. The Labute approximate surface area is 129 Å². The van der Waals surface area contributed by atoms with Gasteiger partial charge in [0.05, 0.1) is 15.7 Å². The summed E-state index contributed by atoms with van der Waals surface area (Å²) in [5.41, 5.74) is 0.576. The molecule has 8 heteroatoms. The van der Waals surface area contributed by atoms with Crippen molar-refractivity contribution < 1.29 is 12.8 Å². The van der Waals surface area contributed by atoms with Crippen LogP contribution in [0.1, 0.15) is 4.88 Å². The summed E-state index contributed by atoms with van der Waals surface area (Å²) >= 11 is 4.97. The number of benzene rings is 1. The van der Waals surface area contributed by atoms with Crippen LogP contribution in [-0.4, -0.2) is 14.7 Å². The van der Waals surface area contributed by atoms with Gasteiger partial charge in [0.25, 0.3) is 0 Å². The van der Waals surface area contributed by atoms with E-state index in [4.69, 9.17) is 0 Å². The van der Waals surface area contributed by atoms with Crippen LogP contribution in [-0.2, 0) is 16.6 Å². The van der Waals surface area contributed by atoms with Gasteiger partial charge in [0, 0.05) is 17.1 Å². The molecule has 0 aliphatic heterocycles. The third-order valence-electron chi connectivity index (χ3n) is 2.36. The highest BCUT2D eigenvalue weighted by molar-refractivity contribution is 9.11. The summed E-state index contributed by atoms with van der Waals surface area (Å²) in [5, 5.41) is 3.12. The Morgan fingerprint density at radius 1 is 1.30 bits per heavy atom. The Kier molecular flexibility index (Phi) is 4.66. The van der Waals surface area contributed by atoms with Crippen molar-refractivity contribution in [2.45, 2.75) is 6.54 Å². The molecule has 2 aromatic rings. The molecule has 0 unspecified atom stereocenters. The first-order valence-electron chi connectivity index (χ1n) is 5.59. The first-order chi connectivity index (χ1) is 9.33. The number of thiophene rings is 1. The van der Waals surface area contributed by atoms with Crippen LogP contribution in [0.5, 0.6) is 0 Å². The quantitative estimate of drug-likeness (QED) is 0.834. The molecule has 0 saturated heterocycles. The van der Waals surface area contributed by atoms with E-state index < -0.39 is 15.8 Å². The summed E-state index contributed by atoms with van der Waals surface area (Å²) in [6.07, 6.45) is 0.982. The van der Waals surface area contributed by atoms with E-state index in [0.29, 0.717) is 12.2 Å². The van der Waals surface area contributed by atoms with Crippen molar-refractivity contribution in [2.24, 2.45) is 0 Å². The average molecular weight is 379 g/mol. The minimum atomic E-state index is -3.50. The number of sulfonamides is 1. The Bertz CT molecular complexity index is 716. The van der Waals surface area contributed by atoms with Gasteiger partial charge < -0.3 is 5.32 Å². The highest BCUT2D eigenvalue weighted by atomic mass is 79.9. The predicted molar refractivity (Wildman–Crippen MR) is 84.2 cm³/mol. The second kappa shape index (κ2) is 6.11. The molecule has 0 radical (unpaired) electrons. The number of anilines is 2. The van der Waals surface area contributed by atoms with Crippen molar-refractivity contribution >= 4 is 48.7 Å². The second-order valence-electron chi connectivity index (χ2n) is 4.13. The molecule has 0 bridgehead atoms. The topological polar surface area (TPSA) is 58.2 Å². The van der Waals surface area contributed by atoms with Gasteiger partial charge >= 0.3 is 0 Å². The standard InChI is InChI=1S/C12H12BrFN2O2S2/c1-20(17,18)16-11-6-8(2-4-10(11)14)15-7-9-3-5-12(13)19-9/h2-6,15-16H,7H2,1H3. The van der Waals surface area contributed by atoms with Crippen LogP contribution in [0.2, 0.25) is 0 Å². The molecule has 108 valence electrons. The molecule has 0 amide bonds. The van der Waals surface area contributed by atoms with Crippen molar-refractivity contribution in [1.82, 2.24) is 0 Å². The molecular formula is C12H12BrFN2O2S2. The lowest BCUT2D eigenvalue weighted by atomic mass is 10.2. The van der Waals surface area contributed by atoms with Gasteiger partial charge in [0.1, 0.15) is 5.82 Å². The van der Waals surface area contributed by atoms with E-state index in [1.807, 2.05) is 12.1 Å². The molecule has 2 N–H and O–H groups in total. The molecule has 1 aromatic carbocycles. The molecule has 0 fully saturated rings. The van der Waals surface area contributed by atoms with Crippen LogP contribution in [0.15, 0.2) is 34.1 Å². The van der Waals surface area contributed by atoms with Crippen LogP contribution in [0, 0.1) is 5.82 Å². The Balaban J connectivity index is 2.11. The number of halogens is 2. The van der Waals surface area contributed by atoms with Crippen LogP contribution in [0.25, 0.3) is 0 Å². The zero-order valence-corrected chi connectivity index (χ0v) is 13.7. The molecule has 2 rings (SSSR count). The number of rotatable bonds is 5. The maximum atomic E-state index is 13.5. The monoisotopic (exact) mass is 378 g/mol. The predicted octanol–water partition coefficient (Wildman–Crippen LogP) is 3.63. The molecular weight excluding hydrogens is 367 g/mol. The molecule has 0 saturated carbocycles. The van der Waals surface area contributed by atoms with E-state index in [9.17, 15) is 12.8 Å². The fourth-order valence-corrected chi connectivity index (χ4v) is 3.53. The van der Waals surface area contributed by atoms with Crippen LogP contribution in [0.3, 0.4) is 0 Å². The minimum absolute atomic E-state index is 0.0649. The van der Waals surface area contributed by atoms with E-state index in [0.717, 1.165) is 14.9 Å². The molecule has 0 atom stereocenters. The second-order valence-corrected chi connectivity index (χ2v) is 8.42. The van der Waals surface area contributed by atoms with Gasteiger partial charge in [-0.15, -0.1) is 11.3 Å².